The van der Waals surface area contributed by atoms with Crippen molar-refractivity contribution in [1.82, 2.24) is 4.57 Å². The number of rotatable bonds is 3. The highest BCUT2D eigenvalue weighted by molar-refractivity contribution is 5.92. The molecule has 0 fully saturated rings. The van der Waals surface area contributed by atoms with Crippen LogP contribution in [0.15, 0.2) is 36.4 Å². The molecule has 4 nitrogen and oxygen atoms in total. The Morgan fingerprint density at radius 1 is 1.17 bits per heavy atom. The first kappa shape index (κ1) is 12.2. The summed E-state index contributed by atoms with van der Waals surface area (Å²) in [4.78, 5) is 11.7. The second-order valence-electron chi connectivity index (χ2n) is 3.86. The van der Waals surface area contributed by atoms with Gasteiger partial charge in [-0.25, -0.2) is 4.79 Å². The average molecular weight is 245 g/mol. The molecular formula is C14H15NO3. The van der Waals surface area contributed by atoms with Crippen LogP contribution in [0.25, 0.3) is 11.3 Å². The fourth-order valence-electron chi connectivity index (χ4n) is 1.95. The van der Waals surface area contributed by atoms with Crippen molar-refractivity contribution >= 4 is 5.97 Å². The topological polar surface area (TPSA) is 40.5 Å². The van der Waals surface area contributed by atoms with Gasteiger partial charge < -0.3 is 14.0 Å². The van der Waals surface area contributed by atoms with Crippen LogP contribution in [0.1, 0.15) is 10.5 Å². The van der Waals surface area contributed by atoms with E-state index in [9.17, 15) is 4.79 Å². The molecule has 0 atom stereocenters. The molecule has 0 aliphatic heterocycles. The maximum absolute atomic E-state index is 11.7. The van der Waals surface area contributed by atoms with Gasteiger partial charge in [0.05, 0.1) is 19.9 Å². The fraction of sp³-hybridized carbons (Fsp3) is 0.214. The van der Waals surface area contributed by atoms with Crippen molar-refractivity contribution in [3.05, 3.63) is 42.1 Å². The Morgan fingerprint density at radius 2 is 1.83 bits per heavy atom. The number of methoxy groups -OCH3 is 2. The van der Waals surface area contributed by atoms with E-state index in [1.54, 1.807) is 4.57 Å². The highest BCUT2D eigenvalue weighted by Crippen LogP contribution is 2.30. The Morgan fingerprint density at radius 3 is 2.39 bits per heavy atom. The molecule has 0 bridgehead atoms. The zero-order valence-corrected chi connectivity index (χ0v) is 10.6. The highest BCUT2D eigenvalue weighted by atomic mass is 16.5. The van der Waals surface area contributed by atoms with Gasteiger partial charge in [0.2, 0.25) is 0 Å². The van der Waals surface area contributed by atoms with Crippen LogP contribution in [-0.4, -0.2) is 24.8 Å². The van der Waals surface area contributed by atoms with Crippen LogP contribution < -0.4 is 4.74 Å². The van der Waals surface area contributed by atoms with Crippen molar-refractivity contribution in [2.75, 3.05) is 14.2 Å². The standard InChI is InChI=1S/C14H15NO3/c1-15-11(10-7-5-4-6-8-10)9-12(17-2)13(15)14(16)18-3/h4-9H,1-3H3. The van der Waals surface area contributed by atoms with Crippen LogP contribution in [-0.2, 0) is 11.8 Å². The van der Waals surface area contributed by atoms with Crippen LogP contribution in [0.2, 0.25) is 0 Å². The van der Waals surface area contributed by atoms with Gasteiger partial charge in [0.1, 0.15) is 0 Å². The predicted octanol–water partition coefficient (Wildman–Crippen LogP) is 2.49. The number of hydrogen-bond acceptors (Lipinski definition) is 3. The molecule has 2 aromatic rings. The molecule has 2 rings (SSSR count). The molecule has 94 valence electrons. The summed E-state index contributed by atoms with van der Waals surface area (Å²) in [7, 11) is 4.71. The number of benzene rings is 1. The molecule has 0 unspecified atom stereocenters. The third-order valence-electron chi connectivity index (χ3n) is 2.87. The number of esters is 1. The summed E-state index contributed by atoms with van der Waals surface area (Å²) in [6, 6.07) is 11.7. The maximum Gasteiger partial charge on any atom is 0.358 e. The lowest BCUT2D eigenvalue weighted by molar-refractivity contribution is 0.0586. The van der Waals surface area contributed by atoms with Crippen molar-refractivity contribution in [3.63, 3.8) is 0 Å². The molecule has 0 spiro atoms. The second kappa shape index (κ2) is 4.96. The smallest absolute Gasteiger partial charge is 0.358 e. The van der Waals surface area contributed by atoms with E-state index in [1.165, 1.54) is 14.2 Å². The first-order chi connectivity index (χ1) is 8.69. The summed E-state index contributed by atoms with van der Waals surface area (Å²) in [5.41, 5.74) is 2.35. The van der Waals surface area contributed by atoms with E-state index in [4.69, 9.17) is 9.47 Å². The van der Waals surface area contributed by atoms with Crippen LogP contribution in [0.4, 0.5) is 0 Å². The van der Waals surface area contributed by atoms with Crippen LogP contribution in [0.3, 0.4) is 0 Å². The fourth-order valence-corrected chi connectivity index (χ4v) is 1.95. The molecule has 1 aromatic heterocycles. The van der Waals surface area contributed by atoms with Gasteiger partial charge in [-0.15, -0.1) is 0 Å². The lowest BCUT2D eigenvalue weighted by atomic mass is 10.1. The van der Waals surface area contributed by atoms with Gasteiger partial charge in [-0.05, 0) is 5.56 Å². The molecule has 1 aromatic carbocycles. The first-order valence-electron chi connectivity index (χ1n) is 5.56. The predicted molar refractivity (Wildman–Crippen MR) is 68.7 cm³/mol. The Balaban J connectivity index is 2.58. The Labute approximate surface area is 106 Å². The lowest BCUT2D eigenvalue weighted by Gasteiger charge is -2.06. The number of carbonyl (C=O) groups is 1. The van der Waals surface area contributed by atoms with E-state index < -0.39 is 5.97 Å². The van der Waals surface area contributed by atoms with Gasteiger partial charge in [-0.3, -0.25) is 0 Å². The molecule has 0 saturated carbocycles. The average Bonchev–Trinajstić information content (AvgIpc) is 2.76. The number of ether oxygens (including phenoxy) is 2. The summed E-state index contributed by atoms with van der Waals surface area (Å²) in [6.45, 7) is 0. The quantitative estimate of drug-likeness (QED) is 0.780. The normalized spacial score (nSPS) is 10.2. The van der Waals surface area contributed by atoms with Crippen LogP contribution >= 0.6 is 0 Å². The van der Waals surface area contributed by atoms with Crippen molar-refractivity contribution < 1.29 is 14.3 Å². The summed E-state index contributed by atoms with van der Waals surface area (Å²) in [5, 5.41) is 0. The molecule has 4 heteroatoms. The number of carbonyl (C=O) groups excluding carboxylic acids is 1. The summed E-state index contributed by atoms with van der Waals surface area (Å²) in [5.74, 6) is 0.111. The zero-order valence-electron chi connectivity index (χ0n) is 10.6. The minimum Gasteiger partial charge on any atom is -0.494 e. The SMILES string of the molecule is COC(=O)c1c(OC)cc(-c2ccccc2)n1C. The molecule has 0 aliphatic rings. The molecule has 0 radical (unpaired) electrons. The van der Waals surface area contributed by atoms with E-state index in [-0.39, 0.29) is 0 Å². The van der Waals surface area contributed by atoms with Gasteiger partial charge in [-0.2, -0.15) is 0 Å². The van der Waals surface area contributed by atoms with E-state index >= 15 is 0 Å². The molecule has 1 heterocycles. The van der Waals surface area contributed by atoms with Crippen molar-refractivity contribution in [2.45, 2.75) is 0 Å². The monoisotopic (exact) mass is 245 g/mol. The number of aromatic nitrogens is 1. The first-order valence-corrected chi connectivity index (χ1v) is 5.56. The second-order valence-corrected chi connectivity index (χ2v) is 3.86. The minimum absolute atomic E-state index is 0.406. The minimum atomic E-state index is -0.406. The molecular weight excluding hydrogens is 230 g/mol. The van der Waals surface area contributed by atoms with Gasteiger partial charge in [0.25, 0.3) is 0 Å². The van der Waals surface area contributed by atoms with Crippen molar-refractivity contribution in [1.29, 1.82) is 0 Å². The molecule has 0 amide bonds. The van der Waals surface area contributed by atoms with E-state index in [1.807, 2.05) is 43.4 Å². The highest BCUT2D eigenvalue weighted by Gasteiger charge is 2.21. The molecule has 0 saturated heterocycles. The van der Waals surface area contributed by atoms with Gasteiger partial charge in [0.15, 0.2) is 11.4 Å². The summed E-state index contributed by atoms with van der Waals surface area (Å²) in [6.07, 6.45) is 0. The van der Waals surface area contributed by atoms with Crippen molar-refractivity contribution in [3.8, 4) is 17.0 Å². The van der Waals surface area contributed by atoms with Gasteiger partial charge in [0, 0.05) is 13.1 Å². The Bertz CT molecular complexity index is 558. The van der Waals surface area contributed by atoms with E-state index in [0.29, 0.717) is 11.4 Å². The molecule has 0 aliphatic carbocycles. The summed E-state index contributed by atoms with van der Waals surface area (Å²) < 4.78 is 11.8. The molecule has 18 heavy (non-hydrogen) atoms. The third-order valence-corrected chi connectivity index (χ3v) is 2.87. The summed E-state index contributed by atoms with van der Waals surface area (Å²) >= 11 is 0. The van der Waals surface area contributed by atoms with Crippen LogP contribution in [0.5, 0.6) is 5.75 Å². The van der Waals surface area contributed by atoms with Gasteiger partial charge >= 0.3 is 5.97 Å². The lowest BCUT2D eigenvalue weighted by Crippen LogP contribution is -2.09. The third kappa shape index (κ3) is 1.97. The number of hydrogen-bond donors (Lipinski definition) is 0. The van der Waals surface area contributed by atoms with E-state index in [2.05, 4.69) is 0 Å². The van der Waals surface area contributed by atoms with Gasteiger partial charge in [-0.1, -0.05) is 30.3 Å². The van der Waals surface area contributed by atoms with E-state index in [0.717, 1.165) is 11.3 Å². The Hall–Kier alpha value is -2.23. The molecule has 0 N–H and O–H groups in total. The van der Waals surface area contributed by atoms with Crippen molar-refractivity contribution in [2.24, 2.45) is 7.05 Å². The number of nitrogens with zero attached hydrogens (tertiary/aromatic N) is 1. The Kier molecular flexibility index (Phi) is 3.37. The maximum atomic E-state index is 11.7. The van der Waals surface area contributed by atoms with Crippen LogP contribution in [0, 0.1) is 0 Å². The zero-order chi connectivity index (χ0) is 13.1. The largest absolute Gasteiger partial charge is 0.494 e.